The van der Waals surface area contributed by atoms with Gasteiger partial charge in [0, 0.05) is 37.9 Å². The van der Waals surface area contributed by atoms with Crippen LogP contribution in [0.3, 0.4) is 0 Å². The largest absolute Gasteiger partial charge is 0.309 e. The summed E-state index contributed by atoms with van der Waals surface area (Å²) < 4.78 is 7.09. The van der Waals surface area contributed by atoms with E-state index in [0.29, 0.717) is 11.1 Å². The quantitative estimate of drug-likeness (QED) is 0.176. The zero-order chi connectivity index (χ0) is 56.8. The summed E-state index contributed by atoms with van der Waals surface area (Å²) in [5.41, 5.74) is 18.7. The summed E-state index contributed by atoms with van der Waals surface area (Å²) in [6, 6.07) is 57.5. The van der Waals surface area contributed by atoms with Gasteiger partial charge in [0.2, 0.25) is 0 Å². The second kappa shape index (κ2) is 17.8. The Kier molecular flexibility index (Phi) is 12.0. The average molecular weight is 1040 g/mol. The van der Waals surface area contributed by atoms with Gasteiger partial charge in [0.1, 0.15) is 11.6 Å². The number of nitrogens with zero attached hydrogens (tertiary/aromatic N) is 5. The molecule has 0 amide bonds. The summed E-state index contributed by atoms with van der Waals surface area (Å²) in [5.74, 6) is 0. The summed E-state index contributed by atoms with van der Waals surface area (Å²) in [7, 11) is 0. The molecule has 0 spiro atoms. The number of hydrogen-bond acceptors (Lipinski definition) is 2. The van der Waals surface area contributed by atoms with Gasteiger partial charge in [0.05, 0.1) is 61.8 Å². The van der Waals surface area contributed by atoms with Crippen LogP contribution in [0.2, 0.25) is 0 Å². The normalized spacial score (nSPS) is 13.2. The summed E-state index contributed by atoms with van der Waals surface area (Å²) in [6.45, 7) is 40.9. The highest BCUT2D eigenvalue weighted by Crippen LogP contribution is 2.46. The number of fused-ring (bicyclic) bond motifs is 9. The van der Waals surface area contributed by atoms with Crippen LogP contribution in [-0.4, -0.2) is 13.7 Å². The van der Waals surface area contributed by atoms with Crippen molar-refractivity contribution in [3.63, 3.8) is 0 Å². The van der Waals surface area contributed by atoms with E-state index in [1.165, 1.54) is 44.2 Å². The van der Waals surface area contributed by atoms with Crippen molar-refractivity contribution in [3.05, 3.63) is 184 Å². The number of rotatable bonds is 4. The maximum atomic E-state index is 12.1. The third kappa shape index (κ3) is 8.91. The minimum absolute atomic E-state index is 0.0655. The molecule has 0 atom stereocenters. The van der Waals surface area contributed by atoms with E-state index in [-0.39, 0.29) is 32.5 Å². The molecule has 0 N–H and O–H groups in total. The van der Waals surface area contributed by atoms with Gasteiger partial charge >= 0.3 is 0 Å². The molecule has 0 saturated carbocycles. The van der Waals surface area contributed by atoms with E-state index in [2.05, 4.69) is 284 Å². The van der Waals surface area contributed by atoms with Gasteiger partial charge in [-0.3, -0.25) is 0 Å². The molecular formula is C74H77N5. The van der Waals surface area contributed by atoms with Crippen LogP contribution in [0.1, 0.15) is 169 Å². The van der Waals surface area contributed by atoms with Crippen molar-refractivity contribution in [2.75, 3.05) is 0 Å². The molecular weight excluding hydrogens is 959 g/mol. The maximum absolute atomic E-state index is 12.1. The molecule has 11 rings (SSSR count). The molecule has 0 aliphatic rings. The van der Waals surface area contributed by atoms with E-state index in [0.717, 1.165) is 82.8 Å². The molecule has 3 heterocycles. The van der Waals surface area contributed by atoms with Gasteiger partial charge in [-0.1, -0.05) is 161 Å². The van der Waals surface area contributed by atoms with Crippen molar-refractivity contribution >= 4 is 65.4 Å². The molecule has 0 saturated heterocycles. The second-order valence-corrected chi connectivity index (χ2v) is 28.7. The molecule has 398 valence electrons. The Morgan fingerprint density at radius 1 is 0.278 bits per heavy atom. The lowest BCUT2D eigenvalue weighted by molar-refractivity contribution is 0.590. The number of aromatic nitrogens is 3. The zero-order valence-electron chi connectivity index (χ0n) is 50.0. The first-order valence-electron chi connectivity index (χ1n) is 28.3. The maximum Gasteiger partial charge on any atom is 0.104 e. The van der Waals surface area contributed by atoms with Crippen LogP contribution in [0.5, 0.6) is 0 Å². The van der Waals surface area contributed by atoms with Crippen LogP contribution in [0, 0.1) is 22.7 Å². The molecule has 11 aromatic rings. The molecule has 3 aromatic heterocycles. The first-order valence-corrected chi connectivity index (χ1v) is 28.3. The molecule has 0 radical (unpaired) electrons. The van der Waals surface area contributed by atoms with Crippen molar-refractivity contribution < 1.29 is 0 Å². The lowest BCUT2D eigenvalue weighted by Crippen LogP contribution is -2.11. The highest BCUT2D eigenvalue weighted by Gasteiger charge is 2.29. The third-order valence-electron chi connectivity index (χ3n) is 16.9. The van der Waals surface area contributed by atoms with Gasteiger partial charge in [-0.25, -0.2) is 0 Å². The van der Waals surface area contributed by atoms with E-state index >= 15 is 0 Å². The topological polar surface area (TPSA) is 62.4 Å². The predicted octanol–water partition coefficient (Wildman–Crippen LogP) is 20.2. The summed E-state index contributed by atoms with van der Waals surface area (Å²) in [5, 5.41) is 29.9. The second-order valence-electron chi connectivity index (χ2n) is 28.7. The fourth-order valence-corrected chi connectivity index (χ4v) is 11.9. The third-order valence-corrected chi connectivity index (χ3v) is 16.9. The number of nitriles is 2. The summed E-state index contributed by atoms with van der Waals surface area (Å²) in [4.78, 5) is 0. The molecule has 0 aliphatic carbocycles. The lowest BCUT2D eigenvalue weighted by Gasteiger charge is -2.22. The van der Waals surface area contributed by atoms with E-state index in [4.69, 9.17) is 0 Å². The van der Waals surface area contributed by atoms with Crippen LogP contribution in [0.25, 0.3) is 93.6 Å². The van der Waals surface area contributed by atoms with E-state index in [1.807, 2.05) is 6.07 Å². The van der Waals surface area contributed by atoms with Crippen molar-refractivity contribution in [1.82, 2.24) is 13.7 Å². The van der Waals surface area contributed by atoms with E-state index in [9.17, 15) is 10.5 Å². The molecule has 0 unspecified atom stereocenters. The van der Waals surface area contributed by atoms with Crippen molar-refractivity contribution in [1.29, 1.82) is 10.5 Å². The molecule has 5 nitrogen and oxygen atoms in total. The Balaban J connectivity index is 1.33. The molecule has 0 aliphatic heterocycles. The van der Waals surface area contributed by atoms with E-state index < -0.39 is 0 Å². The highest BCUT2D eigenvalue weighted by atomic mass is 15.0. The van der Waals surface area contributed by atoms with Gasteiger partial charge in [0.15, 0.2) is 0 Å². The Hall–Kier alpha value is -7.86. The molecule has 0 fully saturated rings. The van der Waals surface area contributed by atoms with Gasteiger partial charge in [-0.15, -0.1) is 0 Å². The van der Waals surface area contributed by atoms with E-state index in [1.54, 1.807) is 0 Å². The van der Waals surface area contributed by atoms with Gasteiger partial charge < -0.3 is 13.7 Å². The van der Waals surface area contributed by atoms with Crippen LogP contribution >= 0.6 is 0 Å². The molecule has 0 bridgehead atoms. The predicted molar refractivity (Wildman–Crippen MR) is 337 cm³/mol. The monoisotopic (exact) mass is 1040 g/mol. The van der Waals surface area contributed by atoms with Crippen LogP contribution < -0.4 is 0 Å². The fraction of sp³-hybridized carbons (Fsp3) is 0.324. The molecule has 79 heavy (non-hydrogen) atoms. The minimum Gasteiger partial charge on any atom is -0.309 e. The summed E-state index contributed by atoms with van der Waals surface area (Å²) in [6.07, 6.45) is 0. The SMILES string of the molecule is CC(C)(C)c1ccc2c(c1)c1cc(C(C)(C)C)ccc1n2-c1ccc(C#N)cc1-c1cc(-n2c3ccc(C(C)(C)C)cc3c3cc(C(C)(C)C)ccc32)c(C#N)c(-n2c3ccc(C(C)(C)C)cc3c3cc(C(C)(C)C)ccc32)c1. The lowest BCUT2D eigenvalue weighted by atomic mass is 9.85. The summed E-state index contributed by atoms with van der Waals surface area (Å²) >= 11 is 0. The number of benzene rings is 8. The Morgan fingerprint density at radius 2 is 0.532 bits per heavy atom. The zero-order valence-corrected chi connectivity index (χ0v) is 50.0. The minimum atomic E-state index is -0.0943. The first-order chi connectivity index (χ1) is 36.9. The van der Waals surface area contributed by atoms with Crippen molar-refractivity contribution in [2.24, 2.45) is 0 Å². The van der Waals surface area contributed by atoms with Crippen molar-refractivity contribution in [2.45, 2.75) is 157 Å². The van der Waals surface area contributed by atoms with Crippen LogP contribution in [0.4, 0.5) is 0 Å². The Morgan fingerprint density at radius 3 is 0.759 bits per heavy atom. The van der Waals surface area contributed by atoms with Crippen LogP contribution in [-0.2, 0) is 32.5 Å². The Labute approximate surface area is 468 Å². The first kappa shape index (κ1) is 53.2. The smallest absolute Gasteiger partial charge is 0.104 e. The Bertz CT molecular complexity index is 4040. The average Bonchev–Trinajstić information content (AvgIpc) is 3.23. The highest BCUT2D eigenvalue weighted by molar-refractivity contribution is 6.13. The van der Waals surface area contributed by atoms with Crippen LogP contribution in [0.15, 0.2) is 140 Å². The van der Waals surface area contributed by atoms with Crippen molar-refractivity contribution in [3.8, 4) is 40.3 Å². The van der Waals surface area contributed by atoms with Gasteiger partial charge in [0.25, 0.3) is 0 Å². The molecule has 5 heteroatoms. The fourth-order valence-electron chi connectivity index (χ4n) is 11.9. The van der Waals surface area contributed by atoms with Gasteiger partial charge in [-0.2, -0.15) is 10.5 Å². The molecule has 8 aromatic carbocycles. The van der Waals surface area contributed by atoms with Gasteiger partial charge in [-0.05, 0) is 175 Å². The standard InChI is InChI=1S/C74H77N5/c1-69(2,3)46-20-27-61-53(36-46)54-37-47(70(4,5)6)21-28-62(54)77(61)60-26-19-44(42-75)33-52(60)45-34-67(78-63-29-22-48(71(7,8)9)38-55(63)56-39-49(72(10,11)12)23-30-64(56)78)59(43-76)68(35-45)79-65-31-24-50(73(13,14)15)40-57(65)58-41-51(74(16,17)18)25-32-66(58)79/h19-41H,1-18H3. The number of hydrogen-bond donors (Lipinski definition) is 0.